The Morgan fingerprint density at radius 1 is 0.944 bits per heavy atom. The fourth-order valence-corrected chi connectivity index (χ4v) is 2.40. The van der Waals surface area contributed by atoms with E-state index < -0.39 is 11.1 Å². The van der Waals surface area contributed by atoms with Gasteiger partial charge in [0, 0.05) is 11.9 Å². The lowest BCUT2D eigenvalue weighted by Crippen LogP contribution is -1.93. The summed E-state index contributed by atoms with van der Waals surface area (Å²) >= 11 is -1.92. The van der Waals surface area contributed by atoms with Gasteiger partial charge in [-0.25, -0.2) is 4.21 Å². The zero-order valence-corrected chi connectivity index (χ0v) is 10.3. The predicted molar refractivity (Wildman–Crippen MR) is 72.3 cm³/mol. The molecule has 0 aliphatic heterocycles. The molecule has 1 unspecified atom stereocenters. The first kappa shape index (κ1) is 11.2. The summed E-state index contributed by atoms with van der Waals surface area (Å²) in [6.45, 7) is 0. The smallest absolute Gasteiger partial charge is 0.186 e. The minimum absolute atomic E-state index is 0.412. The van der Waals surface area contributed by atoms with Crippen LogP contribution in [-0.2, 0) is 11.1 Å². The molecule has 0 spiro atoms. The third-order valence-electron chi connectivity index (χ3n) is 2.92. The molecule has 0 amide bonds. The number of nitrogens with zero attached hydrogens (tertiary/aromatic N) is 1. The van der Waals surface area contributed by atoms with E-state index in [4.69, 9.17) is 4.55 Å². The first-order valence-electron chi connectivity index (χ1n) is 5.53. The highest BCUT2D eigenvalue weighted by atomic mass is 32.2. The molecule has 0 fully saturated rings. The Labute approximate surface area is 107 Å². The first-order chi connectivity index (χ1) is 8.75. The maximum atomic E-state index is 10.9. The molecule has 0 saturated carbocycles. The van der Waals surface area contributed by atoms with Crippen molar-refractivity contribution in [1.82, 2.24) is 4.57 Å². The van der Waals surface area contributed by atoms with E-state index in [1.54, 1.807) is 12.1 Å². The van der Waals surface area contributed by atoms with Gasteiger partial charge in [0.05, 0.1) is 10.4 Å². The Kier molecular flexibility index (Phi) is 2.74. The van der Waals surface area contributed by atoms with Crippen LogP contribution in [0.5, 0.6) is 0 Å². The van der Waals surface area contributed by atoms with Crippen molar-refractivity contribution in [3.8, 4) is 5.69 Å². The molecule has 18 heavy (non-hydrogen) atoms. The van der Waals surface area contributed by atoms with E-state index >= 15 is 0 Å². The largest absolute Gasteiger partial charge is 0.317 e. The summed E-state index contributed by atoms with van der Waals surface area (Å²) in [5.74, 6) is 0. The monoisotopic (exact) mass is 257 g/mol. The van der Waals surface area contributed by atoms with Crippen molar-refractivity contribution in [2.45, 2.75) is 4.90 Å². The van der Waals surface area contributed by atoms with Crippen LogP contribution >= 0.6 is 0 Å². The van der Waals surface area contributed by atoms with Crippen LogP contribution in [0.4, 0.5) is 0 Å². The number of benzene rings is 2. The molecule has 1 aromatic heterocycles. The average molecular weight is 257 g/mol. The van der Waals surface area contributed by atoms with Gasteiger partial charge in [0.15, 0.2) is 11.1 Å². The molecule has 3 nitrogen and oxygen atoms in total. The maximum absolute atomic E-state index is 10.9. The van der Waals surface area contributed by atoms with Gasteiger partial charge >= 0.3 is 0 Å². The highest BCUT2D eigenvalue weighted by Gasteiger charge is 2.04. The van der Waals surface area contributed by atoms with Crippen LogP contribution in [-0.4, -0.2) is 13.3 Å². The Hall–Kier alpha value is -1.91. The van der Waals surface area contributed by atoms with Gasteiger partial charge in [-0.15, -0.1) is 0 Å². The zero-order valence-electron chi connectivity index (χ0n) is 9.48. The van der Waals surface area contributed by atoms with Crippen molar-refractivity contribution < 1.29 is 8.76 Å². The Morgan fingerprint density at radius 2 is 1.67 bits per heavy atom. The minimum atomic E-state index is -1.92. The van der Waals surface area contributed by atoms with Crippen molar-refractivity contribution in [3.05, 3.63) is 60.8 Å². The molecule has 0 bridgehead atoms. The Bertz CT molecular complexity index is 716. The van der Waals surface area contributed by atoms with Crippen LogP contribution in [0.3, 0.4) is 0 Å². The quantitative estimate of drug-likeness (QED) is 0.716. The molecule has 1 heterocycles. The minimum Gasteiger partial charge on any atom is -0.317 e. The second-order valence-corrected chi connectivity index (χ2v) is 4.96. The van der Waals surface area contributed by atoms with Crippen LogP contribution in [0.1, 0.15) is 0 Å². The summed E-state index contributed by atoms with van der Waals surface area (Å²) in [4.78, 5) is 0.412. The fraction of sp³-hybridized carbons (Fsp3) is 0. The normalized spacial score (nSPS) is 12.7. The second-order valence-electron chi connectivity index (χ2n) is 3.99. The van der Waals surface area contributed by atoms with Crippen molar-refractivity contribution in [2.75, 3.05) is 0 Å². The van der Waals surface area contributed by atoms with Crippen molar-refractivity contribution in [1.29, 1.82) is 0 Å². The van der Waals surface area contributed by atoms with Gasteiger partial charge in [-0.3, -0.25) is 0 Å². The van der Waals surface area contributed by atoms with E-state index in [9.17, 15) is 4.21 Å². The lowest BCUT2D eigenvalue weighted by molar-refractivity contribution is 0.564. The Morgan fingerprint density at radius 3 is 2.39 bits per heavy atom. The van der Waals surface area contributed by atoms with Crippen LogP contribution in [0, 0.1) is 0 Å². The number of hydrogen-bond acceptors (Lipinski definition) is 1. The van der Waals surface area contributed by atoms with Gasteiger partial charge in [0.25, 0.3) is 0 Å². The fourth-order valence-electron chi connectivity index (χ4n) is 2.03. The first-order valence-corrected chi connectivity index (χ1v) is 6.64. The summed E-state index contributed by atoms with van der Waals surface area (Å²) in [6, 6.07) is 17.2. The summed E-state index contributed by atoms with van der Waals surface area (Å²) in [5, 5.41) is 1.17. The number of aromatic nitrogens is 1. The van der Waals surface area contributed by atoms with Gasteiger partial charge in [-0.1, -0.05) is 18.2 Å². The van der Waals surface area contributed by atoms with Crippen molar-refractivity contribution in [2.24, 2.45) is 0 Å². The van der Waals surface area contributed by atoms with E-state index in [-0.39, 0.29) is 0 Å². The third-order valence-corrected chi connectivity index (χ3v) is 3.59. The molecule has 2 aromatic carbocycles. The number of fused-ring (bicyclic) bond motifs is 1. The lowest BCUT2D eigenvalue weighted by atomic mass is 10.2. The van der Waals surface area contributed by atoms with E-state index in [2.05, 4.69) is 10.6 Å². The van der Waals surface area contributed by atoms with Crippen LogP contribution in [0.2, 0.25) is 0 Å². The zero-order chi connectivity index (χ0) is 12.5. The van der Waals surface area contributed by atoms with Crippen molar-refractivity contribution in [3.63, 3.8) is 0 Å². The average Bonchev–Trinajstić information content (AvgIpc) is 2.82. The molecule has 90 valence electrons. The molecule has 4 heteroatoms. The molecule has 0 aliphatic rings. The highest BCUT2D eigenvalue weighted by molar-refractivity contribution is 7.79. The highest BCUT2D eigenvalue weighted by Crippen LogP contribution is 2.20. The standard InChI is InChI=1S/C14H11NO2S/c16-18(17)13-7-5-12(6-8-13)15-10-9-11-3-1-2-4-14(11)15/h1-10H,(H,16,17). The van der Waals surface area contributed by atoms with Gasteiger partial charge in [0.2, 0.25) is 0 Å². The molecule has 0 saturated heterocycles. The Balaban J connectivity index is 2.12. The van der Waals surface area contributed by atoms with E-state index in [1.807, 2.05) is 42.6 Å². The van der Waals surface area contributed by atoms with Gasteiger partial charge in [0.1, 0.15) is 0 Å². The lowest BCUT2D eigenvalue weighted by Gasteiger charge is -2.05. The molecule has 3 rings (SSSR count). The predicted octanol–water partition coefficient (Wildman–Crippen LogP) is 3.21. The van der Waals surface area contributed by atoms with Crippen LogP contribution < -0.4 is 0 Å². The maximum Gasteiger partial charge on any atom is 0.186 e. The molecule has 0 radical (unpaired) electrons. The second kappa shape index (κ2) is 4.40. The van der Waals surface area contributed by atoms with Crippen LogP contribution in [0.15, 0.2) is 65.7 Å². The number of hydrogen-bond donors (Lipinski definition) is 1. The van der Waals surface area contributed by atoms with E-state index in [1.165, 1.54) is 5.39 Å². The summed E-state index contributed by atoms with van der Waals surface area (Å²) < 4.78 is 22.0. The molecule has 3 aromatic rings. The van der Waals surface area contributed by atoms with Gasteiger partial charge in [-0.05, 0) is 41.8 Å². The van der Waals surface area contributed by atoms with Gasteiger partial charge < -0.3 is 9.12 Å². The topological polar surface area (TPSA) is 42.2 Å². The SMILES string of the molecule is O=S(O)c1ccc(-n2ccc3ccccc32)cc1. The van der Waals surface area contributed by atoms with E-state index in [0.717, 1.165) is 11.2 Å². The van der Waals surface area contributed by atoms with Crippen molar-refractivity contribution >= 4 is 22.0 Å². The molecule has 0 aliphatic carbocycles. The third kappa shape index (κ3) is 1.85. The number of para-hydroxylation sites is 1. The number of rotatable bonds is 2. The molecule has 1 atom stereocenters. The summed E-state index contributed by atoms with van der Waals surface area (Å²) in [7, 11) is 0. The molecular formula is C14H11NO2S. The summed E-state index contributed by atoms with van der Waals surface area (Å²) in [5.41, 5.74) is 2.10. The molecule has 1 N–H and O–H groups in total. The summed E-state index contributed by atoms with van der Waals surface area (Å²) in [6.07, 6.45) is 2.00. The van der Waals surface area contributed by atoms with Gasteiger partial charge in [-0.2, -0.15) is 0 Å². The van der Waals surface area contributed by atoms with E-state index in [0.29, 0.717) is 4.90 Å². The molecular weight excluding hydrogens is 246 g/mol. The van der Waals surface area contributed by atoms with Crippen LogP contribution in [0.25, 0.3) is 16.6 Å².